The SMILES string of the molecule is COc1cc(O)c2c(c1Br)C(=O)OCC(=O)NCC(=S)N[C@H](c1nc(C)no1)CSC2. The number of esters is 1. The lowest BCUT2D eigenvalue weighted by atomic mass is 10.1. The van der Waals surface area contributed by atoms with E-state index in [-0.39, 0.29) is 29.4 Å². The van der Waals surface area contributed by atoms with Crippen LogP contribution < -0.4 is 15.4 Å². The Kier molecular flexibility index (Phi) is 7.73. The predicted molar refractivity (Wildman–Crippen MR) is 119 cm³/mol. The van der Waals surface area contributed by atoms with Crippen LogP contribution in [0.15, 0.2) is 15.1 Å². The molecule has 1 aromatic carbocycles. The van der Waals surface area contributed by atoms with E-state index in [9.17, 15) is 14.7 Å². The number of nitrogens with zero attached hydrogens (tertiary/aromatic N) is 2. The van der Waals surface area contributed by atoms with Crippen molar-refractivity contribution >= 4 is 56.8 Å². The van der Waals surface area contributed by atoms with Crippen LogP contribution in [0.4, 0.5) is 0 Å². The van der Waals surface area contributed by atoms with Gasteiger partial charge >= 0.3 is 5.97 Å². The molecule has 13 heteroatoms. The van der Waals surface area contributed by atoms with Gasteiger partial charge in [0.2, 0.25) is 5.89 Å². The number of thiocarbonyl (C=S) groups is 1. The monoisotopic (exact) mass is 530 g/mol. The van der Waals surface area contributed by atoms with Gasteiger partial charge in [0, 0.05) is 23.1 Å². The maximum atomic E-state index is 12.7. The van der Waals surface area contributed by atoms with Crippen molar-refractivity contribution in [3.05, 3.63) is 33.4 Å². The lowest BCUT2D eigenvalue weighted by molar-refractivity contribution is -0.123. The number of rotatable bonds is 2. The lowest BCUT2D eigenvalue weighted by Crippen LogP contribution is -2.40. The summed E-state index contributed by atoms with van der Waals surface area (Å²) in [5, 5.41) is 20.0. The molecule has 166 valence electrons. The maximum absolute atomic E-state index is 12.7. The van der Waals surface area contributed by atoms with Crippen LogP contribution in [-0.2, 0) is 15.3 Å². The van der Waals surface area contributed by atoms with Crippen LogP contribution in [0.1, 0.15) is 33.7 Å². The summed E-state index contributed by atoms with van der Waals surface area (Å²) >= 11 is 10.0. The number of ether oxygens (including phenoxy) is 2. The average Bonchev–Trinajstić information content (AvgIpc) is 3.17. The van der Waals surface area contributed by atoms with Gasteiger partial charge in [-0.2, -0.15) is 16.7 Å². The van der Waals surface area contributed by atoms with Gasteiger partial charge in [-0.1, -0.05) is 17.4 Å². The lowest BCUT2D eigenvalue weighted by Gasteiger charge is -2.19. The van der Waals surface area contributed by atoms with Gasteiger partial charge in [-0.15, -0.1) is 0 Å². The smallest absolute Gasteiger partial charge is 0.340 e. The molecule has 2 heterocycles. The van der Waals surface area contributed by atoms with Gasteiger partial charge in [0.05, 0.1) is 28.7 Å². The minimum atomic E-state index is -0.770. The number of phenols is 1. The molecule has 1 aromatic heterocycles. The third-order valence-corrected chi connectivity index (χ3v) is 6.34. The first kappa shape index (κ1) is 23.3. The number of hydrogen-bond donors (Lipinski definition) is 3. The van der Waals surface area contributed by atoms with Crippen molar-refractivity contribution < 1.29 is 28.7 Å². The molecule has 1 aliphatic rings. The molecule has 3 rings (SSSR count). The third kappa shape index (κ3) is 5.66. The van der Waals surface area contributed by atoms with Crippen LogP contribution in [0.3, 0.4) is 0 Å². The number of aryl methyl sites for hydroxylation is 1. The molecule has 2 aromatic rings. The zero-order valence-electron chi connectivity index (χ0n) is 16.6. The molecule has 1 amide bonds. The standard InChI is InChI=1S/C18H19BrN4O6S2/c1-8-21-17(29-23-8)10-7-31-6-9-11(24)3-12(27-2)16(19)15(9)18(26)28-5-13(25)20-4-14(30)22-10/h3,10,24H,4-7H2,1-2H3,(H,20,25)(H,22,30)/t10-/m0/s1. The number of halogens is 1. The Morgan fingerprint density at radius 1 is 1.42 bits per heavy atom. The highest BCUT2D eigenvalue weighted by Crippen LogP contribution is 2.39. The molecule has 0 saturated carbocycles. The van der Waals surface area contributed by atoms with Crippen molar-refractivity contribution in [2.45, 2.75) is 18.7 Å². The van der Waals surface area contributed by atoms with E-state index >= 15 is 0 Å². The first-order valence-electron chi connectivity index (χ1n) is 8.99. The highest BCUT2D eigenvalue weighted by Gasteiger charge is 2.26. The van der Waals surface area contributed by atoms with Crippen LogP contribution in [0.25, 0.3) is 0 Å². The van der Waals surface area contributed by atoms with Crippen LogP contribution in [0.5, 0.6) is 11.5 Å². The largest absolute Gasteiger partial charge is 0.507 e. The Labute approximate surface area is 195 Å². The van der Waals surface area contributed by atoms with Crippen molar-refractivity contribution in [3.8, 4) is 11.5 Å². The summed E-state index contributed by atoms with van der Waals surface area (Å²) in [7, 11) is 1.41. The van der Waals surface area contributed by atoms with Gasteiger partial charge in [0.25, 0.3) is 5.91 Å². The number of phenolic OH excluding ortho intramolecular Hbond substituents is 1. The van der Waals surface area contributed by atoms with Crippen molar-refractivity contribution in [3.63, 3.8) is 0 Å². The number of aromatic hydroxyl groups is 1. The highest BCUT2D eigenvalue weighted by atomic mass is 79.9. The number of carbonyl (C=O) groups excluding carboxylic acids is 2. The van der Waals surface area contributed by atoms with E-state index < -0.39 is 24.5 Å². The number of carbonyl (C=O) groups is 2. The molecular weight excluding hydrogens is 512 g/mol. The number of aromatic nitrogens is 2. The zero-order chi connectivity index (χ0) is 22.5. The minimum absolute atomic E-state index is 0.0505. The Balaban J connectivity index is 1.95. The minimum Gasteiger partial charge on any atom is -0.507 e. The summed E-state index contributed by atoms with van der Waals surface area (Å²) in [5.74, 6) is 0.316. The Bertz CT molecular complexity index is 1020. The molecule has 0 fully saturated rings. The predicted octanol–water partition coefficient (Wildman–Crippen LogP) is 2.03. The maximum Gasteiger partial charge on any atom is 0.340 e. The summed E-state index contributed by atoms with van der Waals surface area (Å²) in [6.45, 7) is 1.24. The van der Waals surface area contributed by atoms with E-state index in [1.807, 2.05) is 0 Å². The van der Waals surface area contributed by atoms with Crippen molar-refractivity contribution in [1.82, 2.24) is 20.8 Å². The second-order valence-corrected chi connectivity index (χ2v) is 8.75. The van der Waals surface area contributed by atoms with Crippen molar-refractivity contribution in [2.75, 3.05) is 26.0 Å². The van der Waals surface area contributed by atoms with E-state index in [0.29, 0.717) is 32.5 Å². The van der Waals surface area contributed by atoms with Gasteiger partial charge in [-0.3, -0.25) is 4.79 Å². The molecular formula is C18H19BrN4O6S2. The fourth-order valence-corrected chi connectivity index (χ4v) is 4.72. The third-order valence-electron chi connectivity index (χ3n) is 4.23. The summed E-state index contributed by atoms with van der Waals surface area (Å²) in [4.78, 5) is 29.4. The van der Waals surface area contributed by atoms with Gasteiger partial charge in [-0.25, -0.2) is 4.79 Å². The number of hydrogen-bond acceptors (Lipinski definition) is 10. The normalized spacial score (nSPS) is 18.3. The van der Waals surface area contributed by atoms with E-state index in [2.05, 4.69) is 36.7 Å². The number of cyclic esters (lactones) is 1. The summed E-state index contributed by atoms with van der Waals surface area (Å²) in [6.07, 6.45) is 0. The van der Waals surface area contributed by atoms with E-state index in [0.717, 1.165) is 0 Å². The molecule has 0 radical (unpaired) electrons. The average molecular weight is 531 g/mol. The molecule has 31 heavy (non-hydrogen) atoms. The van der Waals surface area contributed by atoms with Crippen LogP contribution in [-0.4, -0.2) is 58.1 Å². The molecule has 0 unspecified atom stereocenters. The quantitative estimate of drug-likeness (QED) is 0.388. The summed E-state index contributed by atoms with van der Waals surface area (Å²) in [5.41, 5.74) is 0.422. The van der Waals surface area contributed by atoms with E-state index in [1.54, 1.807) is 6.92 Å². The van der Waals surface area contributed by atoms with Gasteiger partial charge in [-0.05, 0) is 22.9 Å². The Morgan fingerprint density at radius 2 is 2.19 bits per heavy atom. The molecule has 0 saturated heterocycles. The molecule has 3 N–H and O–H groups in total. The Hall–Kier alpha value is -2.38. The van der Waals surface area contributed by atoms with Crippen LogP contribution >= 0.6 is 39.9 Å². The first-order chi connectivity index (χ1) is 14.8. The van der Waals surface area contributed by atoms with Crippen molar-refractivity contribution in [2.24, 2.45) is 0 Å². The molecule has 10 nitrogen and oxygen atoms in total. The van der Waals surface area contributed by atoms with E-state index in [1.165, 1.54) is 24.9 Å². The topological polar surface area (TPSA) is 136 Å². The van der Waals surface area contributed by atoms with Crippen LogP contribution in [0.2, 0.25) is 0 Å². The molecule has 1 atom stereocenters. The van der Waals surface area contributed by atoms with Gasteiger partial charge in [0.15, 0.2) is 12.4 Å². The van der Waals surface area contributed by atoms with Gasteiger partial charge in [0.1, 0.15) is 17.5 Å². The highest BCUT2D eigenvalue weighted by molar-refractivity contribution is 9.10. The molecule has 0 spiro atoms. The van der Waals surface area contributed by atoms with Crippen molar-refractivity contribution in [1.29, 1.82) is 0 Å². The second kappa shape index (κ2) is 10.3. The number of methoxy groups -OCH3 is 1. The number of fused-ring (bicyclic) bond motifs is 1. The second-order valence-electron chi connectivity index (χ2n) is 6.43. The van der Waals surface area contributed by atoms with Gasteiger partial charge < -0.3 is 29.7 Å². The number of benzene rings is 1. The summed E-state index contributed by atoms with van der Waals surface area (Å²) in [6, 6.07) is 0.969. The molecule has 0 bridgehead atoms. The fraction of sp³-hybridized carbons (Fsp3) is 0.389. The Morgan fingerprint density at radius 3 is 2.87 bits per heavy atom. The molecule has 1 aliphatic heterocycles. The van der Waals surface area contributed by atoms with Crippen LogP contribution in [0, 0.1) is 6.92 Å². The van der Waals surface area contributed by atoms with E-state index in [4.69, 9.17) is 26.2 Å². The number of amides is 1. The molecule has 0 aliphatic carbocycles. The number of nitrogens with one attached hydrogen (secondary N) is 2. The zero-order valence-corrected chi connectivity index (χ0v) is 19.8. The fourth-order valence-electron chi connectivity index (χ4n) is 2.75. The first-order valence-corrected chi connectivity index (χ1v) is 11.3. The summed E-state index contributed by atoms with van der Waals surface area (Å²) < 4.78 is 15.9. The number of thioether (sulfide) groups is 1.